The molecule has 2 N–H and O–H groups in total. The van der Waals surface area contributed by atoms with E-state index in [4.69, 9.17) is 4.74 Å². The lowest BCUT2D eigenvalue weighted by Gasteiger charge is -2.29. The van der Waals surface area contributed by atoms with Crippen LogP contribution in [0.1, 0.15) is 28.7 Å². The Kier molecular flexibility index (Phi) is 6.93. The zero-order chi connectivity index (χ0) is 23.3. The van der Waals surface area contributed by atoms with Gasteiger partial charge in [0, 0.05) is 32.2 Å². The smallest absolute Gasteiger partial charge is 0.237 e. The van der Waals surface area contributed by atoms with Crippen LogP contribution in [0.3, 0.4) is 0 Å². The monoisotopic (exact) mass is 455 g/mol. The lowest BCUT2D eigenvalue weighted by atomic mass is 10.1. The first-order valence-corrected chi connectivity index (χ1v) is 12.2. The van der Waals surface area contributed by atoms with Crippen LogP contribution in [0.15, 0.2) is 78.9 Å². The molecule has 0 unspecified atom stereocenters. The molecule has 0 saturated carbocycles. The standard InChI is InChI=1S/C29H33N3O2/c1-30-29(33)28-17-25(19-32(28)26-15-23-9-5-6-10-24(23)16-26)31-18-21-11-13-27(14-12-21)34-20-22-7-3-2-4-8-22/h2-14,25-26,28,31H,15-20H2,1H3,(H,30,33)/t25-,28-/m0/s1. The molecule has 1 fully saturated rings. The largest absolute Gasteiger partial charge is 0.489 e. The normalized spacial score (nSPS) is 20.3. The number of carbonyl (C=O) groups is 1. The Morgan fingerprint density at radius 2 is 1.59 bits per heavy atom. The first kappa shape index (κ1) is 22.6. The van der Waals surface area contributed by atoms with Gasteiger partial charge in [-0.25, -0.2) is 0 Å². The Bertz CT molecular complexity index is 1070. The van der Waals surface area contributed by atoms with Gasteiger partial charge in [0.1, 0.15) is 12.4 Å². The summed E-state index contributed by atoms with van der Waals surface area (Å²) in [6.07, 6.45) is 2.90. The molecule has 5 heteroatoms. The first-order valence-electron chi connectivity index (χ1n) is 12.2. The second-order valence-corrected chi connectivity index (χ2v) is 9.39. The van der Waals surface area contributed by atoms with E-state index in [-0.39, 0.29) is 11.9 Å². The number of fused-ring (bicyclic) bond motifs is 1. The van der Waals surface area contributed by atoms with Gasteiger partial charge in [-0.05, 0) is 53.6 Å². The van der Waals surface area contributed by atoms with Crippen LogP contribution in [0.25, 0.3) is 0 Å². The van der Waals surface area contributed by atoms with Gasteiger partial charge < -0.3 is 15.4 Å². The van der Waals surface area contributed by atoms with Crippen LogP contribution >= 0.6 is 0 Å². The molecule has 2 aliphatic rings. The molecule has 1 amide bonds. The molecule has 5 nitrogen and oxygen atoms in total. The van der Waals surface area contributed by atoms with E-state index in [2.05, 4.69) is 64.1 Å². The van der Waals surface area contributed by atoms with Crippen molar-refractivity contribution < 1.29 is 9.53 Å². The van der Waals surface area contributed by atoms with E-state index in [1.165, 1.54) is 16.7 Å². The molecule has 0 aromatic heterocycles. The van der Waals surface area contributed by atoms with Crippen LogP contribution in [0.5, 0.6) is 5.75 Å². The summed E-state index contributed by atoms with van der Waals surface area (Å²) >= 11 is 0. The van der Waals surface area contributed by atoms with Crippen molar-refractivity contribution in [3.05, 3.63) is 101 Å². The molecule has 1 heterocycles. The average Bonchev–Trinajstić information content (AvgIpc) is 3.51. The molecule has 1 saturated heterocycles. The fourth-order valence-corrected chi connectivity index (χ4v) is 5.31. The van der Waals surface area contributed by atoms with E-state index in [0.29, 0.717) is 18.7 Å². The maximum atomic E-state index is 12.7. The number of likely N-dealkylation sites (N-methyl/N-ethyl adjacent to an activating group) is 1. The summed E-state index contributed by atoms with van der Waals surface area (Å²) < 4.78 is 5.90. The molecule has 0 radical (unpaired) electrons. The van der Waals surface area contributed by atoms with Crippen molar-refractivity contribution in [3.8, 4) is 5.75 Å². The molecule has 34 heavy (non-hydrogen) atoms. The third-order valence-corrected chi connectivity index (χ3v) is 7.15. The fourth-order valence-electron chi connectivity index (χ4n) is 5.31. The van der Waals surface area contributed by atoms with Gasteiger partial charge >= 0.3 is 0 Å². The van der Waals surface area contributed by atoms with Crippen molar-refractivity contribution in [3.63, 3.8) is 0 Å². The summed E-state index contributed by atoms with van der Waals surface area (Å²) in [5, 5.41) is 6.58. The van der Waals surface area contributed by atoms with Gasteiger partial charge in [0.25, 0.3) is 0 Å². The summed E-state index contributed by atoms with van der Waals surface area (Å²) in [4.78, 5) is 15.1. The number of benzene rings is 3. The van der Waals surface area contributed by atoms with Crippen LogP contribution in [-0.4, -0.2) is 42.5 Å². The summed E-state index contributed by atoms with van der Waals surface area (Å²) in [7, 11) is 1.74. The Labute approximate surface area is 202 Å². The zero-order valence-electron chi connectivity index (χ0n) is 19.7. The Morgan fingerprint density at radius 1 is 0.912 bits per heavy atom. The maximum Gasteiger partial charge on any atom is 0.237 e. The van der Waals surface area contributed by atoms with Crippen LogP contribution in [0.4, 0.5) is 0 Å². The summed E-state index contributed by atoms with van der Waals surface area (Å²) in [6, 6.07) is 27.8. The van der Waals surface area contributed by atoms with Crippen molar-refractivity contribution in [1.82, 2.24) is 15.5 Å². The van der Waals surface area contributed by atoms with Gasteiger partial charge in [-0.15, -0.1) is 0 Å². The molecule has 5 rings (SSSR count). The molecule has 3 aromatic carbocycles. The minimum atomic E-state index is -0.0735. The van der Waals surface area contributed by atoms with Crippen LogP contribution in [0, 0.1) is 0 Å². The summed E-state index contributed by atoms with van der Waals surface area (Å²) in [6.45, 7) is 2.25. The second kappa shape index (κ2) is 10.4. The minimum absolute atomic E-state index is 0.0735. The molecule has 3 aromatic rings. The topological polar surface area (TPSA) is 53.6 Å². The number of rotatable bonds is 8. The van der Waals surface area contributed by atoms with Crippen LogP contribution in [-0.2, 0) is 30.8 Å². The third-order valence-electron chi connectivity index (χ3n) is 7.15. The molecule has 1 aliphatic carbocycles. The highest BCUT2D eigenvalue weighted by Crippen LogP contribution is 2.31. The van der Waals surface area contributed by atoms with E-state index in [1.807, 2.05) is 30.3 Å². The Morgan fingerprint density at radius 3 is 2.26 bits per heavy atom. The number of ether oxygens (including phenoxy) is 1. The van der Waals surface area contributed by atoms with Gasteiger partial charge in [-0.2, -0.15) is 0 Å². The van der Waals surface area contributed by atoms with Crippen molar-refractivity contribution in [2.45, 2.75) is 50.5 Å². The van der Waals surface area contributed by atoms with Crippen molar-refractivity contribution in [2.24, 2.45) is 0 Å². The lowest BCUT2D eigenvalue weighted by Crippen LogP contribution is -2.47. The van der Waals surface area contributed by atoms with Gasteiger partial charge in [-0.3, -0.25) is 9.69 Å². The molecule has 2 atom stereocenters. The van der Waals surface area contributed by atoms with Crippen molar-refractivity contribution in [1.29, 1.82) is 0 Å². The van der Waals surface area contributed by atoms with E-state index in [0.717, 1.165) is 43.7 Å². The highest BCUT2D eigenvalue weighted by molar-refractivity contribution is 5.82. The predicted molar refractivity (Wildman–Crippen MR) is 135 cm³/mol. The number of amides is 1. The van der Waals surface area contributed by atoms with Crippen molar-refractivity contribution in [2.75, 3.05) is 13.6 Å². The summed E-state index contributed by atoms with van der Waals surface area (Å²) in [5.74, 6) is 1.00. The average molecular weight is 456 g/mol. The molecular weight excluding hydrogens is 422 g/mol. The molecule has 1 aliphatic heterocycles. The van der Waals surface area contributed by atoms with Gasteiger partial charge in [0.15, 0.2) is 0 Å². The fraction of sp³-hybridized carbons (Fsp3) is 0.345. The number of hydrogen-bond acceptors (Lipinski definition) is 4. The van der Waals surface area contributed by atoms with Gasteiger partial charge in [0.05, 0.1) is 6.04 Å². The van der Waals surface area contributed by atoms with E-state index in [9.17, 15) is 4.79 Å². The number of likely N-dealkylation sites (tertiary alicyclic amines) is 1. The molecule has 176 valence electrons. The Hall–Kier alpha value is -3.15. The minimum Gasteiger partial charge on any atom is -0.489 e. The first-order chi connectivity index (χ1) is 16.7. The number of carbonyl (C=O) groups excluding carboxylic acids is 1. The summed E-state index contributed by atoms with van der Waals surface area (Å²) in [5.41, 5.74) is 5.23. The van der Waals surface area contributed by atoms with E-state index >= 15 is 0 Å². The highest BCUT2D eigenvalue weighted by atomic mass is 16.5. The third kappa shape index (κ3) is 5.16. The highest BCUT2D eigenvalue weighted by Gasteiger charge is 2.41. The number of nitrogens with one attached hydrogen (secondary N) is 2. The van der Waals surface area contributed by atoms with Crippen LogP contribution in [0.2, 0.25) is 0 Å². The van der Waals surface area contributed by atoms with E-state index < -0.39 is 0 Å². The molecular formula is C29H33N3O2. The predicted octanol–water partition coefficient (Wildman–Crippen LogP) is 3.71. The number of nitrogens with zero attached hydrogens (tertiary/aromatic N) is 1. The number of hydrogen-bond donors (Lipinski definition) is 2. The SMILES string of the molecule is CNC(=O)[C@@H]1C[C@H](NCc2ccc(OCc3ccccc3)cc2)CN1C1Cc2ccccc2C1. The molecule has 0 bridgehead atoms. The lowest BCUT2D eigenvalue weighted by molar-refractivity contribution is -0.125. The van der Waals surface area contributed by atoms with Gasteiger partial charge in [0.2, 0.25) is 5.91 Å². The van der Waals surface area contributed by atoms with Crippen molar-refractivity contribution >= 4 is 5.91 Å². The zero-order valence-corrected chi connectivity index (χ0v) is 19.7. The van der Waals surface area contributed by atoms with Gasteiger partial charge in [-0.1, -0.05) is 66.7 Å². The quantitative estimate of drug-likeness (QED) is 0.544. The van der Waals surface area contributed by atoms with E-state index in [1.54, 1.807) is 7.05 Å². The van der Waals surface area contributed by atoms with Crippen LogP contribution < -0.4 is 15.4 Å². The second-order valence-electron chi connectivity index (χ2n) is 9.39. The maximum absolute atomic E-state index is 12.7. The Balaban J connectivity index is 1.16. The molecule has 0 spiro atoms.